The Kier molecular flexibility index (Phi) is 3.02. The van der Waals surface area contributed by atoms with E-state index in [1.54, 1.807) is 4.90 Å². The molecule has 1 heterocycles. The quantitative estimate of drug-likeness (QED) is 0.765. The highest BCUT2D eigenvalue weighted by Crippen LogP contribution is 2.15. The minimum atomic E-state index is -0.289. The van der Waals surface area contributed by atoms with Crippen molar-refractivity contribution in [1.82, 2.24) is 15.1 Å². The zero-order valence-corrected chi connectivity index (χ0v) is 9.55. The molecule has 1 rings (SSSR count). The third-order valence-corrected chi connectivity index (χ3v) is 2.20. The maximum Gasteiger partial charge on any atom is 0.272 e. The van der Waals surface area contributed by atoms with Gasteiger partial charge in [-0.25, -0.2) is 0 Å². The van der Waals surface area contributed by atoms with Crippen LogP contribution in [0.1, 0.15) is 38.2 Å². The van der Waals surface area contributed by atoms with Crippen LogP contribution in [0.2, 0.25) is 0 Å². The van der Waals surface area contributed by atoms with E-state index < -0.39 is 0 Å². The minimum Gasteiger partial charge on any atom is -0.333 e. The molecular weight excluding hydrogens is 194 g/mol. The third kappa shape index (κ3) is 2.49. The number of nitrogens with zero attached hydrogens (tertiary/aromatic N) is 1. The second kappa shape index (κ2) is 3.92. The molecule has 0 radical (unpaired) electrons. The molecule has 1 aromatic rings. The van der Waals surface area contributed by atoms with E-state index in [4.69, 9.17) is 0 Å². The fourth-order valence-electron chi connectivity index (χ4n) is 1.52. The van der Waals surface area contributed by atoms with E-state index in [0.717, 1.165) is 0 Å². The van der Waals surface area contributed by atoms with Crippen LogP contribution in [-0.4, -0.2) is 33.1 Å². The van der Waals surface area contributed by atoms with Crippen molar-refractivity contribution in [2.75, 3.05) is 6.54 Å². The van der Waals surface area contributed by atoms with E-state index in [9.17, 15) is 9.59 Å². The van der Waals surface area contributed by atoms with Crippen LogP contribution in [0.3, 0.4) is 0 Å². The number of carbonyl (C=O) groups excluding carboxylic acids is 1. The molecule has 15 heavy (non-hydrogen) atoms. The number of hydrogen-bond donors (Lipinski definition) is 2. The first kappa shape index (κ1) is 11.6. The van der Waals surface area contributed by atoms with Gasteiger partial charge in [0.15, 0.2) is 0 Å². The van der Waals surface area contributed by atoms with Gasteiger partial charge in [-0.3, -0.25) is 19.8 Å². The van der Waals surface area contributed by atoms with Gasteiger partial charge in [-0.2, -0.15) is 0 Å². The van der Waals surface area contributed by atoms with Crippen LogP contribution < -0.4 is 5.56 Å². The van der Waals surface area contributed by atoms with Gasteiger partial charge in [-0.15, -0.1) is 0 Å². The summed E-state index contributed by atoms with van der Waals surface area (Å²) in [5.74, 6) is -0.164. The molecule has 0 aromatic carbocycles. The van der Waals surface area contributed by atoms with E-state index in [1.807, 2.05) is 27.7 Å². The topological polar surface area (TPSA) is 69.0 Å². The van der Waals surface area contributed by atoms with Crippen molar-refractivity contribution < 1.29 is 4.79 Å². The number of aromatic nitrogens is 2. The van der Waals surface area contributed by atoms with Crippen LogP contribution in [0.25, 0.3) is 0 Å². The molecule has 0 bridgehead atoms. The predicted octanol–water partition coefficient (Wildman–Crippen LogP) is 0.964. The standard InChI is InChI=1S/C10H17N3O2/c1-5-13(10(2,3)4)9(15)7-6-8(14)12-11-7/h6H,5H2,1-4H3,(H2,11,12,14). The van der Waals surface area contributed by atoms with Gasteiger partial charge in [0.2, 0.25) is 0 Å². The fraction of sp³-hybridized carbons (Fsp3) is 0.600. The average Bonchev–Trinajstić information content (AvgIpc) is 2.50. The summed E-state index contributed by atoms with van der Waals surface area (Å²) in [6, 6.07) is 1.27. The van der Waals surface area contributed by atoms with Crippen molar-refractivity contribution in [2.45, 2.75) is 33.2 Å². The molecule has 0 atom stereocenters. The van der Waals surface area contributed by atoms with Crippen LogP contribution in [0.15, 0.2) is 10.9 Å². The smallest absolute Gasteiger partial charge is 0.272 e. The third-order valence-electron chi connectivity index (χ3n) is 2.20. The van der Waals surface area contributed by atoms with Gasteiger partial charge in [0, 0.05) is 18.2 Å². The summed E-state index contributed by atoms with van der Waals surface area (Å²) in [4.78, 5) is 24.6. The van der Waals surface area contributed by atoms with Crippen molar-refractivity contribution in [3.05, 3.63) is 22.1 Å². The SMILES string of the molecule is CCN(C(=O)c1cc(=O)[nH][nH]1)C(C)(C)C. The van der Waals surface area contributed by atoms with Crippen molar-refractivity contribution in [1.29, 1.82) is 0 Å². The highest BCUT2D eigenvalue weighted by molar-refractivity contribution is 5.92. The molecule has 0 unspecified atom stereocenters. The number of amides is 1. The molecular formula is C10H17N3O2. The molecule has 0 aliphatic heterocycles. The number of hydrogen-bond acceptors (Lipinski definition) is 2. The molecule has 84 valence electrons. The Morgan fingerprint density at radius 2 is 2.00 bits per heavy atom. The number of rotatable bonds is 2. The Labute approximate surface area is 88.5 Å². The van der Waals surface area contributed by atoms with Crippen LogP contribution >= 0.6 is 0 Å². The molecule has 0 aliphatic rings. The highest BCUT2D eigenvalue weighted by Gasteiger charge is 2.26. The van der Waals surface area contributed by atoms with Crippen molar-refractivity contribution in [3.8, 4) is 0 Å². The molecule has 5 heteroatoms. The number of nitrogens with one attached hydrogen (secondary N) is 2. The molecule has 2 N–H and O–H groups in total. The fourth-order valence-corrected chi connectivity index (χ4v) is 1.52. The van der Waals surface area contributed by atoms with Crippen molar-refractivity contribution in [2.24, 2.45) is 0 Å². The second-order valence-electron chi connectivity index (χ2n) is 4.39. The lowest BCUT2D eigenvalue weighted by molar-refractivity contribution is 0.0592. The van der Waals surface area contributed by atoms with E-state index in [1.165, 1.54) is 6.07 Å². The average molecular weight is 211 g/mol. The van der Waals surface area contributed by atoms with Crippen LogP contribution in [0.4, 0.5) is 0 Å². The van der Waals surface area contributed by atoms with E-state index in [2.05, 4.69) is 10.2 Å². The monoisotopic (exact) mass is 211 g/mol. The summed E-state index contributed by atoms with van der Waals surface area (Å²) < 4.78 is 0. The summed E-state index contributed by atoms with van der Waals surface area (Å²) in [7, 11) is 0. The van der Waals surface area contributed by atoms with Crippen molar-refractivity contribution >= 4 is 5.91 Å². The molecule has 1 aromatic heterocycles. The van der Waals surface area contributed by atoms with Gasteiger partial charge in [0.25, 0.3) is 11.5 Å². The van der Waals surface area contributed by atoms with E-state index in [0.29, 0.717) is 12.2 Å². The van der Waals surface area contributed by atoms with Gasteiger partial charge in [0.1, 0.15) is 5.69 Å². The summed E-state index contributed by atoms with van der Waals surface area (Å²) in [5.41, 5.74) is -0.236. The van der Waals surface area contributed by atoms with E-state index in [-0.39, 0.29) is 17.0 Å². The van der Waals surface area contributed by atoms with Crippen molar-refractivity contribution in [3.63, 3.8) is 0 Å². The van der Waals surface area contributed by atoms with Crippen LogP contribution in [0, 0.1) is 0 Å². The summed E-state index contributed by atoms with van der Waals surface area (Å²) in [5, 5.41) is 4.92. The second-order valence-corrected chi connectivity index (χ2v) is 4.39. The summed E-state index contributed by atoms with van der Waals surface area (Å²) in [6.07, 6.45) is 0. The maximum absolute atomic E-state index is 12.0. The van der Waals surface area contributed by atoms with Crippen LogP contribution in [0.5, 0.6) is 0 Å². The minimum absolute atomic E-state index is 0.164. The molecule has 0 saturated carbocycles. The number of carbonyl (C=O) groups is 1. The lowest BCUT2D eigenvalue weighted by Gasteiger charge is -2.34. The lowest BCUT2D eigenvalue weighted by atomic mass is 10.1. The van der Waals surface area contributed by atoms with Gasteiger partial charge >= 0.3 is 0 Å². The zero-order chi connectivity index (χ0) is 11.6. The summed E-state index contributed by atoms with van der Waals surface area (Å²) in [6.45, 7) is 8.39. The van der Waals surface area contributed by atoms with Gasteiger partial charge in [-0.1, -0.05) is 0 Å². The predicted molar refractivity (Wildman–Crippen MR) is 57.9 cm³/mol. The van der Waals surface area contributed by atoms with Crippen LogP contribution in [-0.2, 0) is 0 Å². The number of H-pyrrole nitrogens is 2. The first-order valence-electron chi connectivity index (χ1n) is 4.96. The molecule has 0 spiro atoms. The Morgan fingerprint density at radius 1 is 1.40 bits per heavy atom. The Hall–Kier alpha value is -1.52. The largest absolute Gasteiger partial charge is 0.333 e. The normalized spacial score (nSPS) is 11.5. The summed E-state index contributed by atoms with van der Waals surface area (Å²) >= 11 is 0. The zero-order valence-electron chi connectivity index (χ0n) is 9.55. The molecule has 5 nitrogen and oxygen atoms in total. The molecule has 1 amide bonds. The first-order valence-corrected chi connectivity index (χ1v) is 4.96. The Morgan fingerprint density at radius 3 is 2.33 bits per heavy atom. The lowest BCUT2D eigenvalue weighted by Crippen LogP contribution is -2.45. The molecule has 0 aliphatic carbocycles. The Balaban J connectivity index is 2.97. The highest BCUT2D eigenvalue weighted by atomic mass is 16.2. The maximum atomic E-state index is 12.0. The van der Waals surface area contributed by atoms with Gasteiger partial charge in [-0.05, 0) is 27.7 Å². The molecule has 0 saturated heterocycles. The Bertz CT molecular complexity index is 397. The first-order chi connectivity index (χ1) is 6.86. The number of aromatic amines is 2. The van der Waals surface area contributed by atoms with Gasteiger partial charge in [0.05, 0.1) is 0 Å². The van der Waals surface area contributed by atoms with E-state index >= 15 is 0 Å². The molecule has 0 fully saturated rings. The van der Waals surface area contributed by atoms with Gasteiger partial charge < -0.3 is 4.90 Å².